The molecule has 19 heavy (non-hydrogen) atoms. The Balaban J connectivity index is 2.19. The minimum Gasteiger partial charge on any atom is -0.390 e. The van der Waals surface area contributed by atoms with E-state index in [1.54, 1.807) is 12.3 Å². The first kappa shape index (κ1) is 14.6. The lowest BCUT2D eigenvalue weighted by Crippen LogP contribution is -2.32. The maximum atomic E-state index is 12.3. The predicted molar refractivity (Wildman–Crippen MR) is 73.2 cm³/mol. The van der Waals surface area contributed by atoms with Gasteiger partial charge in [-0.05, 0) is 25.3 Å². The largest absolute Gasteiger partial charge is 0.390 e. The second-order valence-corrected chi connectivity index (χ2v) is 6.84. The van der Waals surface area contributed by atoms with Crippen LogP contribution >= 0.6 is 0 Å². The number of rotatable bonds is 6. The van der Waals surface area contributed by atoms with Crippen molar-refractivity contribution in [3.63, 3.8) is 0 Å². The molecule has 1 aromatic heterocycles. The molecule has 108 valence electrons. The number of aryl methyl sites for hydroxylation is 1. The molecule has 6 heteroatoms. The maximum absolute atomic E-state index is 12.3. The van der Waals surface area contributed by atoms with Crippen LogP contribution in [-0.2, 0) is 23.2 Å². The van der Waals surface area contributed by atoms with Gasteiger partial charge in [-0.1, -0.05) is 19.8 Å². The molecule has 1 heterocycles. The third-order valence-corrected chi connectivity index (χ3v) is 5.06. The van der Waals surface area contributed by atoms with Gasteiger partial charge in [-0.2, -0.15) is 0 Å². The Hall–Kier alpha value is -0.850. The molecule has 1 aromatic rings. The van der Waals surface area contributed by atoms with Gasteiger partial charge < -0.3 is 9.67 Å². The highest BCUT2D eigenvalue weighted by Gasteiger charge is 2.24. The Kier molecular flexibility index (Phi) is 4.65. The van der Waals surface area contributed by atoms with Crippen LogP contribution in [-0.4, -0.2) is 24.1 Å². The van der Waals surface area contributed by atoms with E-state index in [0.29, 0.717) is 5.69 Å². The molecule has 0 aliphatic heterocycles. The Labute approximate surface area is 114 Å². The average Bonchev–Trinajstić information content (AvgIpc) is 2.98. The summed E-state index contributed by atoms with van der Waals surface area (Å²) < 4.78 is 29.1. The van der Waals surface area contributed by atoms with Gasteiger partial charge in [0.05, 0.1) is 11.5 Å². The van der Waals surface area contributed by atoms with Crippen molar-refractivity contribution in [1.29, 1.82) is 0 Å². The van der Waals surface area contributed by atoms with E-state index >= 15 is 0 Å². The topological polar surface area (TPSA) is 71.3 Å². The van der Waals surface area contributed by atoms with Crippen LogP contribution in [0.1, 0.15) is 44.7 Å². The molecule has 1 aliphatic rings. The van der Waals surface area contributed by atoms with Gasteiger partial charge in [-0.15, -0.1) is 0 Å². The quantitative estimate of drug-likeness (QED) is 0.834. The first-order valence-electron chi connectivity index (χ1n) is 6.89. The summed E-state index contributed by atoms with van der Waals surface area (Å²) in [6.45, 7) is 2.60. The standard InChI is InChI=1S/C13H22N2O3S/c1-2-7-15-9-13(8-12(15)10-16)19(17,18)14-11-5-3-4-6-11/h8-9,11,14,16H,2-7,10H2,1H3. The summed E-state index contributed by atoms with van der Waals surface area (Å²) in [5, 5.41) is 9.27. The summed E-state index contributed by atoms with van der Waals surface area (Å²) in [4.78, 5) is 0.261. The third-order valence-electron chi connectivity index (χ3n) is 3.57. The molecular formula is C13H22N2O3S. The fourth-order valence-electron chi connectivity index (χ4n) is 2.58. The highest BCUT2D eigenvalue weighted by molar-refractivity contribution is 7.89. The molecule has 0 atom stereocenters. The van der Waals surface area contributed by atoms with Crippen LogP contribution in [0.4, 0.5) is 0 Å². The highest BCUT2D eigenvalue weighted by Crippen LogP contribution is 2.21. The van der Waals surface area contributed by atoms with Crippen molar-refractivity contribution in [2.45, 2.75) is 63.1 Å². The summed E-state index contributed by atoms with van der Waals surface area (Å²) in [6.07, 6.45) is 6.53. The first-order chi connectivity index (χ1) is 9.06. The predicted octanol–water partition coefficient (Wildman–Crippen LogP) is 1.61. The van der Waals surface area contributed by atoms with Crippen molar-refractivity contribution in [2.24, 2.45) is 0 Å². The van der Waals surface area contributed by atoms with E-state index in [-0.39, 0.29) is 17.5 Å². The summed E-state index contributed by atoms with van der Waals surface area (Å²) in [6, 6.07) is 1.63. The highest BCUT2D eigenvalue weighted by atomic mass is 32.2. The molecule has 0 bridgehead atoms. The number of aromatic nitrogens is 1. The number of nitrogens with one attached hydrogen (secondary N) is 1. The smallest absolute Gasteiger partial charge is 0.242 e. The normalized spacial score (nSPS) is 17.2. The zero-order chi connectivity index (χ0) is 13.9. The summed E-state index contributed by atoms with van der Waals surface area (Å²) >= 11 is 0. The minimum atomic E-state index is -3.46. The second-order valence-electron chi connectivity index (χ2n) is 5.12. The van der Waals surface area contributed by atoms with Gasteiger partial charge in [0, 0.05) is 24.5 Å². The van der Waals surface area contributed by atoms with Gasteiger partial charge in [0.1, 0.15) is 0 Å². The molecule has 0 spiro atoms. The van der Waals surface area contributed by atoms with Crippen molar-refractivity contribution < 1.29 is 13.5 Å². The molecule has 2 N–H and O–H groups in total. The molecule has 0 aromatic carbocycles. The number of hydrogen-bond donors (Lipinski definition) is 2. The number of aliphatic hydroxyl groups excluding tert-OH is 1. The zero-order valence-electron chi connectivity index (χ0n) is 11.3. The number of nitrogens with zero attached hydrogens (tertiary/aromatic N) is 1. The average molecular weight is 286 g/mol. The Morgan fingerprint density at radius 2 is 2.11 bits per heavy atom. The molecule has 5 nitrogen and oxygen atoms in total. The molecule has 1 aliphatic carbocycles. The first-order valence-corrected chi connectivity index (χ1v) is 8.37. The van der Waals surface area contributed by atoms with Crippen molar-refractivity contribution in [2.75, 3.05) is 0 Å². The van der Waals surface area contributed by atoms with E-state index in [0.717, 1.165) is 38.6 Å². The van der Waals surface area contributed by atoms with Gasteiger partial charge in [-0.3, -0.25) is 0 Å². The summed E-state index contributed by atoms with van der Waals surface area (Å²) in [5.74, 6) is 0. The monoisotopic (exact) mass is 286 g/mol. The van der Waals surface area contributed by atoms with E-state index in [9.17, 15) is 13.5 Å². The molecule has 0 unspecified atom stereocenters. The molecule has 2 rings (SSSR count). The summed E-state index contributed by atoms with van der Waals surface area (Å²) in [7, 11) is -3.46. The van der Waals surface area contributed by atoms with E-state index in [1.165, 1.54) is 0 Å². The van der Waals surface area contributed by atoms with E-state index in [1.807, 2.05) is 11.5 Å². The van der Waals surface area contributed by atoms with Crippen molar-refractivity contribution >= 4 is 10.0 Å². The molecular weight excluding hydrogens is 264 g/mol. The van der Waals surface area contributed by atoms with Crippen LogP contribution in [0.2, 0.25) is 0 Å². The number of aliphatic hydroxyl groups is 1. The SMILES string of the molecule is CCCn1cc(S(=O)(=O)NC2CCCC2)cc1CO. The van der Waals surface area contributed by atoms with Crippen molar-refractivity contribution in [3.05, 3.63) is 18.0 Å². The van der Waals surface area contributed by atoms with Crippen LogP contribution in [0.5, 0.6) is 0 Å². The van der Waals surface area contributed by atoms with E-state index in [4.69, 9.17) is 0 Å². The van der Waals surface area contributed by atoms with Crippen LogP contribution < -0.4 is 4.72 Å². The van der Waals surface area contributed by atoms with Crippen LogP contribution in [0.15, 0.2) is 17.2 Å². The fraction of sp³-hybridized carbons (Fsp3) is 0.692. The lowest BCUT2D eigenvalue weighted by Gasteiger charge is -2.11. The molecule has 0 saturated heterocycles. The minimum absolute atomic E-state index is 0.0668. The number of hydrogen-bond acceptors (Lipinski definition) is 3. The van der Waals surface area contributed by atoms with Gasteiger partial charge in [0.25, 0.3) is 0 Å². The van der Waals surface area contributed by atoms with Gasteiger partial charge in [-0.25, -0.2) is 13.1 Å². The van der Waals surface area contributed by atoms with Crippen molar-refractivity contribution in [1.82, 2.24) is 9.29 Å². The van der Waals surface area contributed by atoms with Crippen LogP contribution in [0, 0.1) is 0 Å². The number of sulfonamides is 1. The molecule has 1 saturated carbocycles. The van der Waals surface area contributed by atoms with Crippen molar-refractivity contribution in [3.8, 4) is 0 Å². The van der Waals surface area contributed by atoms with Crippen LogP contribution in [0.3, 0.4) is 0 Å². The molecule has 0 amide bonds. The van der Waals surface area contributed by atoms with Gasteiger partial charge in [0.2, 0.25) is 10.0 Å². The van der Waals surface area contributed by atoms with Crippen LogP contribution in [0.25, 0.3) is 0 Å². The second kappa shape index (κ2) is 6.07. The Morgan fingerprint density at radius 1 is 1.42 bits per heavy atom. The van der Waals surface area contributed by atoms with E-state index in [2.05, 4.69) is 4.72 Å². The molecule has 1 fully saturated rings. The summed E-state index contributed by atoms with van der Waals surface area (Å²) in [5.41, 5.74) is 0.647. The third kappa shape index (κ3) is 3.38. The zero-order valence-corrected chi connectivity index (χ0v) is 12.1. The van der Waals surface area contributed by atoms with Gasteiger partial charge in [0.15, 0.2) is 0 Å². The lowest BCUT2D eigenvalue weighted by molar-refractivity contribution is 0.270. The molecule has 0 radical (unpaired) electrons. The Bertz CT molecular complexity index is 516. The Morgan fingerprint density at radius 3 is 2.68 bits per heavy atom. The lowest BCUT2D eigenvalue weighted by atomic mass is 10.3. The fourth-order valence-corrected chi connectivity index (χ4v) is 3.95. The van der Waals surface area contributed by atoms with Gasteiger partial charge >= 0.3 is 0 Å². The van der Waals surface area contributed by atoms with E-state index < -0.39 is 10.0 Å². The maximum Gasteiger partial charge on any atom is 0.242 e.